The summed E-state index contributed by atoms with van der Waals surface area (Å²) in [7, 11) is -4.19. The molecule has 2 rings (SSSR count). The van der Waals surface area contributed by atoms with Crippen molar-refractivity contribution in [3.63, 3.8) is 0 Å². The van der Waals surface area contributed by atoms with Gasteiger partial charge in [0.25, 0.3) is 0 Å². The summed E-state index contributed by atoms with van der Waals surface area (Å²) in [5.41, 5.74) is -0.777. The van der Waals surface area contributed by atoms with Crippen LogP contribution in [-0.4, -0.2) is 54.2 Å². The van der Waals surface area contributed by atoms with Crippen molar-refractivity contribution in [1.82, 2.24) is 0 Å². The van der Waals surface area contributed by atoms with Gasteiger partial charge < -0.3 is 19.1 Å². The Bertz CT molecular complexity index is 438. The second kappa shape index (κ2) is 7.48. The normalized spacial score (nSPS) is 36.6. The minimum absolute atomic E-state index is 0.0187. The number of hydrogen-bond donors (Lipinski definition) is 1. The van der Waals surface area contributed by atoms with E-state index in [0.717, 1.165) is 0 Å². The zero-order valence-corrected chi connectivity index (χ0v) is 15.5. The number of phosphoric ester groups is 1. The van der Waals surface area contributed by atoms with E-state index in [4.69, 9.17) is 23.3 Å². The van der Waals surface area contributed by atoms with E-state index in [0.29, 0.717) is 26.1 Å². The predicted octanol–water partition coefficient (Wildman–Crippen LogP) is 2.66. The zero-order chi connectivity index (χ0) is 17.3. The van der Waals surface area contributed by atoms with Gasteiger partial charge >= 0.3 is 7.82 Å². The Morgan fingerprint density at radius 1 is 1.30 bits per heavy atom. The molecule has 0 radical (unpaired) electrons. The van der Waals surface area contributed by atoms with Gasteiger partial charge in [0, 0.05) is 19.4 Å². The topological polar surface area (TPSA) is 83.5 Å². The Hall–Kier alpha value is -0.0100. The third kappa shape index (κ3) is 4.34. The standard InChI is InChI=1S/C15H29O7P/c1-6-19-15-7-8-18-12(9-13(15)20-10(2)3)14(15)22-23(16,17)21-11(4)5/h10-14H,6-9H2,1-5H3,(H,16,17)/t12-,13-,14?,15+/m1/s1. The van der Waals surface area contributed by atoms with Gasteiger partial charge in [-0.1, -0.05) is 0 Å². The molecular weight excluding hydrogens is 323 g/mol. The smallest absolute Gasteiger partial charge is 0.375 e. The van der Waals surface area contributed by atoms with E-state index in [1.165, 1.54) is 0 Å². The van der Waals surface area contributed by atoms with Crippen LogP contribution in [0.1, 0.15) is 47.5 Å². The van der Waals surface area contributed by atoms with Gasteiger partial charge in [0.05, 0.1) is 31.0 Å². The van der Waals surface area contributed by atoms with Crippen molar-refractivity contribution in [3.05, 3.63) is 0 Å². The molecule has 8 heteroatoms. The highest BCUT2D eigenvalue weighted by Crippen LogP contribution is 2.54. The summed E-state index contributed by atoms with van der Waals surface area (Å²) in [6.45, 7) is 10.1. The number of phosphoric acid groups is 1. The van der Waals surface area contributed by atoms with E-state index in [2.05, 4.69) is 0 Å². The highest BCUT2D eigenvalue weighted by atomic mass is 31.2. The first-order chi connectivity index (χ1) is 10.7. The molecule has 136 valence electrons. The van der Waals surface area contributed by atoms with Crippen LogP contribution in [0, 0.1) is 0 Å². The summed E-state index contributed by atoms with van der Waals surface area (Å²) in [6.07, 6.45) is -0.529. The SMILES string of the molecule is CCO[C@@]12CCO[C@H](C[C@H]1OC(C)C)C2OP(=O)(O)OC(C)C. The maximum atomic E-state index is 12.2. The lowest BCUT2D eigenvalue weighted by molar-refractivity contribution is -0.208. The van der Waals surface area contributed by atoms with E-state index in [1.54, 1.807) is 13.8 Å². The second-order valence-electron chi connectivity index (χ2n) is 6.61. The molecule has 2 bridgehead atoms. The van der Waals surface area contributed by atoms with Crippen LogP contribution in [0.15, 0.2) is 0 Å². The number of rotatable bonds is 8. The Labute approximate surface area is 138 Å². The molecule has 23 heavy (non-hydrogen) atoms. The van der Waals surface area contributed by atoms with Crippen LogP contribution in [0.2, 0.25) is 0 Å². The third-order valence-corrected chi connectivity index (χ3v) is 5.26. The zero-order valence-electron chi connectivity index (χ0n) is 14.6. The molecule has 1 N–H and O–H groups in total. The first kappa shape index (κ1) is 19.3. The lowest BCUT2D eigenvalue weighted by Gasteiger charge is -2.43. The van der Waals surface area contributed by atoms with Gasteiger partial charge in [0.1, 0.15) is 11.7 Å². The molecule has 1 saturated carbocycles. The minimum atomic E-state index is -4.19. The van der Waals surface area contributed by atoms with Crippen LogP contribution < -0.4 is 0 Å². The van der Waals surface area contributed by atoms with E-state index in [9.17, 15) is 9.46 Å². The summed E-state index contributed by atoms with van der Waals surface area (Å²) < 4.78 is 40.6. The van der Waals surface area contributed by atoms with Gasteiger partial charge in [-0.05, 0) is 34.6 Å². The molecule has 1 heterocycles. The van der Waals surface area contributed by atoms with Crippen molar-refractivity contribution in [2.24, 2.45) is 0 Å². The van der Waals surface area contributed by atoms with Gasteiger partial charge in [0.15, 0.2) is 0 Å². The molecule has 0 amide bonds. The first-order valence-electron chi connectivity index (χ1n) is 8.30. The van der Waals surface area contributed by atoms with Crippen LogP contribution in [0.3, 0.4) is 0 Å². The fourth-order valence-corrected chi connectivity index (χ4v) is 4.65. The predicted molar refractivity (Wildman–Crippen MR) is 84.3 cm³/mol. The lowest BCUT2D eigenvalue weighted by atomic mass is 9.91. The van der Waals surface area contributed by atoms with Gasteiger partial charge in [-0.25, -0.2) is 4.57 Å². The number of fused-ring (bicyclic) bond motifs is 2. The average molecular weight is 352 g/mol. The van der Waals surface area contributed by atoms with E-state index < -0.39 is 25.6 Å². The van der Waals surface area contributed by atoms with Crippen LogP contribution in [-0.2, 0) is 27.8 Å². The van der Waals surface area contributed by atoms with Crippen molar-refractivity contribution >= 4 is 7.82 Å². The molecule has 5 atom stereocenters. The highest BCUT2D eigenvalue weighted by Gasteiger charge is 2.62. The fourth-order valence-electron chi connectivity index (χ4n) is 3.47. The Kier molecular flexibility index (Phi) is 6.28. The molecule has 0 aromatic carbocycles. The van der Waals surface area contributed by atoms with Gasteiger partial charge in [-0.3, -0.25) is 9.05 Å². The third-order valence-electron chi connectivity index (χ3n) is 4.08. The highest BCUT2D eigenvalue weighted by molar-refractivity contribution is 7.47. The van der Waals surface area contributed by atoms with Crippen molar-refractivity contribution < 1.29 is 32.7 Å². The molecule has 1 aliphatic carbocycles. The molecule has 0 spiro atoms. The van der Waals surface area contributed by atoms with Gasteiger partial charge in [-0.2, -0.15) is 0 Å². The molecule has 1 aliphatic heterocycles. The van der Waals surface area contributed by atoms with Gasteiger partial charge in [-0.15, -0.1) is 0 Å². The average Bonchev–Trinajstić information content (AvgIpc) is 2.54. The van der Waals surface area contributed by atoms with Crippen LogP contribution in [0.25, 0.3) is 0 Å². The Morgan fingerprint density at radius 3 is 2.57 bits per heavy atom. The molecular formula is C15H29O7P. The Balaban J connectivity index is 2.24. The molecule has 7 nitrogen and oxygen atoms in total. The van der Waals surface area contributed by atoms with E-state index >= 15 is 0 Å². The minimum Gasteiger partial charge on any atom is -0.375 e. The number of ether oxygens (including phenoxy) is 3. The second-order valence-corrected chi connectivity index (χ2v) is 7.96. The summed E-state index contributed by atoms with van der Waals surface area (Å²) in [6, 6.07) is 0. The fraction of sp³-hybridized carbons (Fsp3) is 1.00. The molecule has 2 fully saturated rings. The Morgan fingerprint density at radius 2 is 2.00 bits per heavy atom. The quantitative estimate of drug-likeness (QED) is 0.672. The van der Waals surface area contributed by atoms with E-state index in [-0.39, 0.29) is 18.3 Å². The summed E-state index contributed by atoms with van der Waals surface area (Å²) in [5.74, 6) is 0. The maximum absolute atomic E-state index is 12.2. The first-order valence-corrected chi connectivity index (χ1v) is 9.80. The van der Waals surface area contributed by atoms with Gasteiger partial charge in [0.2, 0.25) is 0 Å². The maximum Gasteiger partial charge on any atom is 0.472 e. The monoisotopic (exact) mass is 352 g/mol. The van der Waals surface area contributed by atoms with Crippen molar-refractivity contribution in [3.8, 4) is 0 Å². The number of hydrogen-bond acceptors (Lipinski definition) is 6. The molecule has 1 saturated heterocycles. The largest absolute Gasteiger partial charge is 0.472 e. The molecule has 0 aromatic rings. The van der Waals surface area contributed by atoms with Crippen LogP contribution in [0.4, 0.5) is 0 Å². The van der Waals surface area contributed by atoms with Crippen LogP contribution >= 0.6 is 7.82 Å². The molecule has 2 unspecified atom stereocenters. The molecule has 0 aromatic heterocycles. The van der Waals surface area contributed by atoms with E-state index in [1.807, 2.05) is 20.8 Å². The van der Waals surface area contributed by atoms with Crippen LogP contribution in [0.5, 0.6) is 0 Å². The summed E-state index contributed by atoms with van der Waals surface area (Å²) >= 11 is 0. The van der Waals surface area contributed by atoms with Crippen molar-refractivity contribution in [2.75, 3.05) is 13.2 Å². The summed E-state index contributed by atoms with van der Waals surface area (Å²) in [5, 5.41) is 0. The lowest BCUT2D eigenvalue weighted by Crippen LogP contribution is -2.56. The van der Waals surface area contributed by atoms with Crippen molar-refractivity contribution in [2.45, 2.75) is 83.6 Å². The summed E-state index contributed by atoms with van der Waals surface area (Å²) in [4.78, 5) is 10.0. The van der Waals surface area contributed by atoms with Crippen molar-refractivity contribution in [1.29, 1.82) is 0 Å². The molecule has 2 aliphatic rings.